The van der Waals surface area contributed by atoms with Crippen molar-refractivity contribution in [3.05, 3.63) is 61.7 Å². The summed E-state index contributed by atoms with van der Waals surface area (Å²) in [6, 6.07) is 18.2. The fraction of sp³-hybridized carbons (Fsp3) is 0.300. The van der Waals surface area contributed by atoms with E-state index in [1.807, 2.05) is 42.5 Å². The maximum absolute atomic E-state index is 12.0. The topological polar surface area (TPSA) is 52.6 Å². The van der Waals surface area contributed by atoms with Gasteiger partial charge >= 0.3 is 39.3 Å². The van der Waals surface area contributed by atoms with E-state index in [1.54, 1.807) is 0 Å². The molecule has 0 heterocycles. The van der Waals surface area contributed by atoms with Gasteiger partial charge in [-0.15, -0.1) is 0 Å². The summed E-state index contributed by atoms with van der Waals surface area (Å²) >= 11 is -0.221. The molecular formula is C20H19F3IO4+. The van der Waals surface area contributed by atoms with E-state index in [0.29, 0.717) is 25.9 Å². The molecule has 0 N–H and O–H groups in total. The second-order valence-electron chi connectivity index (χ2n) is 5.76. The van der Waals surface area contributed by atoms with E-state index in [1.165, 1.54) is 7.14 Å². The molecule has 0 atom stereocenters. The molecule has 0 unspecified atom stereocenters. The Bertz CT molecular complexity index is 761. The first-order chi connectivity index (χ1) is 13.3. The Kier molecular flexibility index (Phi) is 8.75. The highest BCUT2D eigenvalue weighted by atomic mass is 127. The normalized spacial score (nSPS) is 11.1. The number of carbonyl (C=O) groups excluding carboxylic acids is 2. The zero-order chi connectivity index (χ0) is 20.4. The van der Waals surface area contributed by atoms with Crippen molar-refractivity contribution in [1.82, 2.24) is 0 Å². The molecule has 0 spiro atoms. The van der Waals surface area contributed by atoms with Crippen molar-refractivity contribution in [2.24, 2.45) is 0 Å². The largest absolute Gasteiger partial charge is 0.494 e. The third-order valence-electron chi connectivity index (χ3n) is 3.50. The lowest BCUT2D eigenvalue weighted by molar-refractivity contribution is -0.597. The number of hydrogen-bond donors (Lipinski definition) is 0. The van der Waals surface area contributed by atoms with Gasteiger partial charge in [0.2, 0.25) is 0 Å². The number of carbonyl (C=O) groups is 2. The van der Waals surface area contributed by atoms with Crippen molar-refractivity contribution in [3.63, 3.8) is 0 Å². The molecule has 8 heteroatoms. The number of halogens is 4. The van der Waals surface area contributed by atoms with Crippen LogP contribution in [-0.2, 0) is 14.3 Å². The standard InChI is InChI=1S/C20H19F3IO4/c21-20(22,23)19(26)28-18(25)9-5-2-6-14-27-17-12-10-16(11-13-17)24-15-7-3-1-4-8-15/h1,3-4,7-8,10-13H,2,5-6,9,14H2/q+1. The Morgan fingerprint density at radius 3 is 2.14 bits per heavy atom. The van der Waals surface area contributed by atoms with Gasteiger partial charge in [-0.3, -0.25) is 4.79 Å². The minimum atomic E-state index is -5.15. The first-order valence-corrected chi connectivity index (χ1v) is 10.7. The van der Waals surface area contributed by atoms with Crippen LogP contribution in [-0.4, -0.2) is 24.7 Å². The second-order valence-corrected chi connectivity index (χ2v) is 8.79. The van der Waals surface area contributed by atoms with Gasteiger partial charge < -0.3 is 9.47 Å². The van der Waals surface area contributed by atoms with Crippen LogP contribution < -0.4 is 25.9 Å². The molecular weight excluding hydrogens is 488 g/mol. The van der Waals surface area contributed by atoms with Crippen LogP contribution in [0.3, 0.4) is 0 Å². The smallest absolute Gasteiger partial charge is 0.491 e. The number of ether oxygens (including phenoxy) is 2. The predicted octanol–water partition coefficient (Wildman–Crippen LogP) is 1.39. The van der Waals surface area contributed by atoms with E-state index < -0.39 is 18.1 Å². The van der Waals surface area contributed by atoms with Gasteiger partial charge in [-0.25, -0.2) is 4.79 Å². The summed E-state index contributed by atoms with van der Waals surface area (Å²) in [5, 5.41) is 0. The van der Waals surface area contributed by atoms with E-state index in [-0.39, 0.29) is 27.6 Å². The maximum Gasteiger partial charge on any atom is 0.491 e. The van der Waals surface area contributed by atoms with Crippen molar-refractivity contribution >= 4 is 11.9 Å². The molecule has 2 aromatic carbocycles. The van der Waals surface area contributed by atoms with Crippen molar-refractivity contribution in [1.29, 1.82) is 0 Å². The summed E-state index contributed by atoms with van der Waals surface area (Å²) in [4.78, 5) is 21.7. The lowest BCUT2D eigenvalue weighted by atomic mass is 10.2. The molecule has 0 saturated carbocycles. The molecule has 0 saturated heterocycles. The van der Waals surface area contributed by atoms with Gasteiger partial charge in [0.1, 0.15) is 5.75 Å². The molecule has 4 nitrogen and oxygen atoms in total. The number of hydrogen-bond acceptors (Lipinski definition) is 4. The fourth-order valence-electron chi connectivity index (χ4n) is 2.15. The molecule has 0 amide bonds. The number of unbranched alkanes of at least 4 members (excludes halogenated alkanes) is 2. The number of alkyl halides is 3. The lowest BCUT2D eigenvalue weighted by Gasteiger charge is -2.06. The van der Waals surface area contributed by atoms with Gasteiger partial charge in [0, 0.05) is 6.42 Å². The van der Waals surface area contributed by atoms with Gasteiger partial charge in [-0.2, -0.15) is 13.2 Å². The summed E-state index contributed by atoms with van der Waals surface area (Å²) in [5.41, 5.74) is 0. The lowest BCUT2D eigenvalue weighted by Crippen LogP contribution is -3.61. The second kappa shape index (κ2) is 11.0. The average Bonchev–Trinajstić information content (AvgIpc) is 2.66. The van der Waals surface area contributed by atoms with E-state index in [2.05, 4.69) is 16.9 Å². The first-order valence-electron chi connectivity index (χ1n) is 8.59. The Morgan fingerprint density at radius 2 is 1.50 bits per heavy atom. The summed E-state index contributed by atoms with van der Waals surface area (Å²) in [7, 11) is 0. The highest BCUT2D eigenvalue weighted by Gasteiger charge is 2.42. The van der Waals surface area contributed by atoms with Crippen LogP contribution in [0.2, 0.25) is 0 Å². The average molecular weight is 507 g/mol. The van der Waals surface area contributed by atoms with Crippen LogP contribution in [0.25, 0.3) is 0 Å². The fourth-order valence-corrected chi connectivity index (χ4v) is 4.36. The van der Waals surface area contributed by atoms with Crippen LogP contribution in [0, 0.1) is 7.14 Å². The zero-order valence-electron chi connectivity index (χ0n) is 14.9. The minimum absolute atomic E-state index is 0.221. The third kappa shape index (κ3) is 8.28. The number of benzene rings is 2. The van der Waals surface area contributed by atoms with Crippen molar-refractivity contribution < 1.29 is 53.4 Å². The quantitative estimate of drug-likeness (QED) is 0.223. The first kappa shape index (κ1) is 22.2. The minimum Gasteiger partial charge on any atom is -0.494 e. The number of esters is 2. The van der Waals surface area contributed by atoms with Crippen LogP contribution in [0.15, 0.2) is 54.6 Å². The molecule has 0 aliphatic carbocycles. The van der Waals surface area contributed by atoms with E-state index in [9.17, 15) is 22.8 Å². The molecule has 2 rings (SSSR count). The molecule has 28 heavy (non-hydrogen) atoms. The van der Waals surface area contributed by atoms with Crippen molar-refractivity contribution in [2.75, 3.05) is 6.61 Å². The zero-order valence-corrected chi connectivity index (χ0v) is 17.0. The van der Waals surface area contributed by atoms with Crippen LogP contribution >= 0.6 is 0 Å². The molecule has 0 fully saturated rings. The van der Waals surface area contributed by atoms with Gasteiger partial charge in [0.15, 0.2) is 7.14 Å². The van der Waals surface area contributed by atoms with Crippen LogP contribution in [0.5, 0.6) is 5.75 Å². The van der Waals surface area contributed by atoms with Crippen LogP contribution in [0.1, 0.15) is 25.7 Å². The summed E-state index contributed by atoms with van der Waals surface area (Å²) < 4.78 is 47.8. The Labute approximate surface area is 171 Å². The summed E-state index contributed by atoms with van der Waals surface area (Å²) in [6.45, 7) is 0.434. The third-order valence-corrected chi connectivity index (χ3v) is 6.18. The molecule has 150 valence electrons. The molecule has 0 aromatic heterocycles. The Hall–Kier alpha value is -2.10. The highest BCUT2D eigenvalue weighted by molar-refractivity contribution is 5.88. The number of rotatable bonds is 9. The molecule has 0 bridgehead atoms. The van der Waals surface area contributed by atoms with Crippen LogP contribution in [0.4, 0.5) is 13.2 Å². The van der Waals surface area contributed by atoms with Gasteiger partial charge in [-0.05, 0) is 55.7 Å². The van der Waals surface area contributed by atoms with Crippen molar-refractivity contribution in [3.8, 4) is 5.75 Å². The SMILES string of the molecule is O=C(CCCCCOc1ccc([I+]c2ccccc2)cc1)OC(=O)C(F)(F)F. The molecule has 0 radical (unpaired) electrons. The Balaban J connectivity index is 1.59. The van der Waals surface area contributed by atoms with Crippen molar-refractivity contribution in [2.45, 2.75) is 31.9 Å². The molecule has 0 aliphatic heterocycles. The summed E-state index contributed by atoms with van der Waals surface area (Å²) in [5.74, 6) is -2.89. The monoisotopic (exact) mass is 507 g/mol. The predicted molar refractivity (Wildman–Crippen MR) is 91.4 cm³/mol. The van der Waals surface area contributed by atoms with Gasteiger partial charge in [0.05, 0.1) is 6.61 Å². The van der Waals surface area contributed by atoms with E-state index >= 15 is 0 Å². The maximum atomic E-state index is 12.0. The highest BCUT2D eigenvalue weighted by Crippen LogP contribution is 2.17. The summed E-state index contributed by atoms with van der Waals surface area (Å²) in [6.07, 6.45) is -3.85. The van der Waals surface area contributed by atoms with Gasteiger partial charge in [0.25, 0.3) is 0 Å². The Morgan fingerprint density at radius 1 is 0.857 bits per heavy atom. The van der Waals surface area contributed by atoms with Gasteiger partial charge in [-0.1, -0.05) is 18.2 Å². The van der Waals surface area contributed by atoms with E-state index in [4.69, 9.17) is 4.74 Å². The molecule has 0 aliphatic rings. The van der Waals surface area contributed by atoms with E-state index in [0.717, 1.165) is 5.75 Å². The molecule has 2 aromatic rings.